The van der Waals surface area contributed by atoms with Gasteiger partial charge in [0.2, 0.25) is 15.9 Å². The second-order valence-electron chi connectivity index (χ2n) is 5.72. The van der Waals surface area contributed by atoms with Crippen molar-refractivity contribution in [1.82, 2.24) is 14.1 Å². The van der Waals surface area contributed by atoms with Gasteiger partial charge in [0.25, 0.3) is 0 Å². The summed E-state index contributed by atoms with van der Waals surface area (Å²) in [7, 11) is 0.00309. The fourth-order valence-corrected chi connectivity index (χ4v) is 3.13. The fourth-order valence-electron chi connectivity index (χ4n) is 2.53. The van der Waals surface area contributed by atoms with E-state index in [1.165, 1.54) is 7.05 Å². The molecule has 0 bridgehead atoms. The van der Waals surface area contributed by atoms with Crippen LogP contribution in [-0.4, -0.2) is 75.0 Å². The number of carbonyl (C=O) groups is 1. The second kappa shape index (κ2) is 6.76. The predicted octanol–water partition coefficient (Wildman–Crippen LogP) is 0.393. The van der Waals surface area contributed by atoms with Crippen LogP contribution in [0.4, 0.5) is 0 Å². The number of sulfonamides is 1. The first kappa shape index (κ1) is 16.9. The van der Waals surface area contributed by atoms with Crippen LogP contribution in [0.3, 0.4) is 0 Å². The number of benzene rings is 1. The lowest BCUT2D eigenvalue weighted by Crippen LogP contribution is -2.51. The lowest BCUT2D eigenvalue weighted by atomic mass is 10.1. The van der Waals surface area contributed by atoms with Gasteiger partial charge in [-0.1, -0.05) is 30.3 Å². The van der Waals surface area contributed by atoms with Gasteiger partial charge < -0.3 is 9.80 Å². The molecule has 0 saturated carbocycles. The van der Waals surface area contributed by atoms with Gasteiger partial charge in [0.15, 0.2) is 0 Å². The Balaban J connectivity index is 2.30. The molecule has 0 unspecified atom stereocenters. The largest absolute Gasteiger partial charge is 0.338 e. The molecule has 1 aliphatic rings. The summed E-state index contributed by atoms with van der Waals surface area (Å²) in [4.78, 5) is 16.8. The molecule has 0 aliphatic carbocycles. The zero-order valence-electron chi connectivity index (χ0n) is 13.3. The summed E-state index contributed by atoms with van der Waals surface area (Å²) < 4.78 is 25.0. The van der Waals surface area contributed by atoms with Crippen LogP contribution in [0.15, 0.2) is 30.3 Å². The van der Waals surface area contributed by atoms with E-state index in [4.69, 9.17) is 0 Å². The zero-order chi connectivity index (χ0) is 16.3. The molecule has 1 saturated heterocycles. The van der Waals surface area contributed by atoms with Crippen LogP contribution in [0.5, 0.6) is 0 Å². The van der Waals surface area contributed by atoms with E-state index < -0.39 is 16.1 Å². The van der Waals surface area contributed by atoms with Crippen LogP contribution in [0.1, 0.15) is 11.6 Å². The third-order valence-corrected chi connectivity index (χ3v) is 5.31. The van der Waals surface area contributed by atoms with E-state index >= 15 is 0 Å². The van der Waals surface area contributed by atoms with Gasteiger partial charge in [-0.15, -0.1) is 0 Å². The molecule has 1 fully saturated rings. The Morgan fingerprint density at radius 3 is 2.18 bits per heavy atom. The number of carbonyl (C=O) groups excluding carboxylic acids is 1. The van der Waals surface area contributed by atoms with Gasteiger partial charge in [0.1, 0.15) is 6.04 Å². The molecular weight excluding hydrogens is 302 g/mol. The van der Waals surface area contributed by atoms with Gasteiger partial charge in [-0.05, 0) is 12.6 Å². The molecule has 0 radical (unpaired) electrons. The van der Waals surface area contributed by atoms with E-state index in [-0.39, 0.29) is 5.91 Å². The van der Waals surface area contributed by atoms with Gasteiger partial charge in [0, 0.05) is 33.2 Å². The Kier molecular flexibility index (Phi) is 5.20. The van der Waals surface area contributed by atoms with Gasteiger partial charge in [0.05, 0.1) is 6.26 Å². The van der Waals surface area contributed by atoms with Crippen molar-refractivity contribution < 1.29 is 13.2 Å². The topological polar surface area (TPSA) is 60.9 Å². The predicted molar refractivity (Wildman–Crippen MR) is 85.9 cm³/mol. The average Bonchev–Trinajstić information content (AvgIpc) is 2.48. The highest BCUT2D eigenvalue weighted by Crippen LogP contribution is 2.24. The van der Waals surface area contributed by atoms with E-state index in [0.717, 1.165) is 23.7 Å². The minimum atomic E-state index is -3.47. The number of rotatable bonds is 4. The second-order valence-corrected chi connectivity index (χ2v) is 7.76. The van der Waals surface area contributed by atoms with Gasteiger partial charge in [-0.2, -0.15) is 4.31 Å². The summed E-state index contributed by atoms with van der Waals surface area (Å²) in [6.07, 6.45) is 1.13. The van der Waals surface area contributed by atoms with Crippen molar-refractivity contribution >= 4 is 15.9 Å². The van der Waals surface area contributed by atoms with Crippen molar-refractivity contribution in [1.29, 1.82) is 0 Å². The van der Waals surface area contributed by atoms with Crippen LogP contribution >= 0.6 is 0 Å². The van der Waals surface area contributed by atoms with Crippen molar-refractivity contribution in [3.05, 3.63) is 35.9 Å². The minimum absolute atomic E-state index is 0.160. The highest BCUT2D eigenvalue weighted by Gasteiger charge is 2.34. The van der Waals surface area contributed by atoms with Gasteiger partial charge in [-0.25, -0.2) is 8.42 Å². The smallest absolute Gasteiger partial charge is 0.245 e. The first-order valence-electron chi connectivity index (χ1n) is 7.26. The molecule has 0 spiro atoms. The average molecular weight is 325 g/mol. The molecule has 122 valence electrons. The standard InChI is InChI=1S/C15H23N3O3S/c1-16-9-11-18(12-10-16)15(19)14(17(2)22(3,20)21)13-7-5-4-6-8-13/h4-8,14H,9-12H2,1-3H3/t14-/m0/s1. The number of amides is 1. The maximum atomic E-state index is 12.9. The molecule has 22 heavy (non-hydrogen) atoms. The van der Waals surface area contributed by atoms with Gasteiger partial charge in [-0.3, -0.25) is 4.79 Å². The summed E-state index contributed by atoms with van der Waals surface area (Å²) in [5.74, 6) is -0.160. The normalized spacial score (nSPS) is 18.5. The number of likely N-dealkylation sites (N-methyl/N-ethyl adjacent to an activating group) is 2. The molecule has 0 N–H and O–H groups in total. The van der Waals surface area contributed by atoms with E-state index in [1.54, 1.807) is 17.0 Å². The SMILES string of the molecule is CN1CCN(C(=O)[C@H](c2ccccc2)N(C)S(C)(=O)=O)CC1. The summed E-state index contributed by atoms with van der Waals surface area (Å²) >= 11 is 0. The fraction of sp³-hybridized carbons (Fsp3) is 0.533. The molecule has 1 amide bonds. The third kappa shape index (κ3) is 3.85. The van der Waals surface area contributed by atoms with Crippen molar-refractivity contribution in [2.75, 3.05) is 46.5 Å². The highest BCUT2D eigenvalue weighted by molar-refractivity contribution is 7.88. The van der Waals surface area contributed by atoms with Crippen LogP contribution in [0.25, 0.3) is 0 Å². The van der Waals surface area contributed by atoms with Crippen molar-refractivity contribution in [3.8, 4) is 0 Å². The summed E-state index contributed by atoms with van der Waals surface area (Å²) in [5.41, 5.74) is 0.694. The Labute approximate surface area is 132 Å². The van der Waals surface area contributed by atoms with E-state index in [1.807, 2.05) is 25.2 Å². The first-order valence-corrected chi connectivity index (χ1v) is 9.11. The molecule has 1 aromatic rings. The molecule has 1 aromatic carbocycles. The molecule has 7 heteroatoms. The molecule has 1 atom stereocenters. The minimum Gasteiger partial charge on any atom is -0.338 e. The van der Waals surface area contributed by atoms with E-state index in [0.29, 0.717) is 18.7 Å². The number of nitrogens with zero attached hydrogens (tertiary/aromatic N) is 3. The number of piperazine rings is 1. The van der Waals surface area contributed by atoms with Crippen molar-refractivity contribution in [2.45, 2.75) is 6.04 Å². The summed E-state index contributed by atoms with van der Waals surface area (Å²) in [5, 5.41) is 0. The van der Waals surface area contributed by atoms with Crippen LogP contribution in [0, 0.1) is 0 Å². The molecule has 0 aromatic heterocycles. The highest BCUT2D eigenvalue weighted by atomic mass is 32.2. The molecule has 2 rings (SSSR count). The zero-order valence-corrected chi connectivity index (χ0v) is 14.1. The molecule has 1 aliphatic heterocycles. The Morgan fingerprint density at radius 2 is 1.68 bits per heavy atom. The van der Waals surface area contributed by atoms with Crippen LogP contribution in [0.2, 0.25) is 0 Å². The molecular formula is C15H23N3O3S. The maximum absolute atomic E-state index is 12.9. The monoisotopic (exact) mass is 325 g/mol. The molecule has 6 nitrogen and oxygen atoms in total. The van der Waals surface area contributed by atoms with Crippen LogP contribution < -0.4 is 0 Å². The number of hydrogen-bond acceptors (Lipinski definition) is 4. The maximum Gasteiger partial charge on any atom is 0.245 e. The lowest BCUT2D eigenvalue weighted by Gasteiger charge is -2.36. The van der Waals surface area contributed by atoms with Crippen LogP contribution in [-0.2, 0) is 14.8 Å². The molecule has 1 heterocycles. The third-order valence-electron chi connectivity index (χ3n) is 4.05. The van der Waals surface area contributed by atoms with E-state index in [9.17, 15) is 13.2 Å². The van der Waals surface area contributed by atoms with Crippen molar-refractivity contribution in [2.24, 2.45) is 0 Å². The first-order chi connectivity index (χ1) is 10.3. The van der Waals surface area contributed by atoms with Crippen molar-refractivity contribution in [3.63, 3.8) is 0 Å². The summed E-state index contributed by atoms with van der Waals surface area (Å²) in [6.45, 7) is 2.85. The Morgan fingerprint density at radius 1 is 1.14 bits per heavy atom. The quantitative estimate of drug-likeness (QED) is 0.804. The number of hydrogen-bond donors (Lipinski definition) is 0. The van der Waals surface area contributed by atoms with Gasteiger partial charge >= 0.3 is 0 Å². The van der Waals surface area contributed by atoms with E-state index in [2.05, 4.69) is 4.90 Å². The Hall–Kier alpha value is -1.44. The summed E-state index contributed by atoms with van der Waals surface area (Å²) in [6, 6.07) is 8.26. The Bertz CT molecular complexity index is 610. The lowest BCUT2D eigenvalue weighted by molar-refractivity contribution is -0.136.